The summed E-state index contributed by atoms with van der Waals surface area (Å²) in [6.45, 7) is 4.04. The number of halogens is 2. The number of amides is 1. The van der Waals surface area contributed by atoms with Crippen molar-refractivity contribution in [3.63, 3.8) is 0 Å². The second-order valence-electron chi connectivity index (χ2n) is 7.45. The third-order valence-corrected chi connectivity index (χ3v) is 5.66. The Kier molecular flexibility index (Phi) is 7.62. The predicted octanol–water partition coefficient (Wildman–Crippen LogP) is 1.04. The van der Waals surface area contributed by atoms with Crippen LogP contribution in [0.1, 0.15) is 27.0 Å². The zero-order valence-electron chi connectivity index (χ0n) is 18.4. The monoisotopic (exact) mass is 513 g/mol. The molecule has 1 amide bonds. The van der Waals surface area contributed by atoms with Gasteiger partial charge in [-0.3, -0.25) is 14.2 Å². The van der Waals surface area contributed by atoms with Gasteiger partial charge >= 0.3 is 11.9 Å². The molecule has 34 heavy (non-hydrogen) atoms. The van der Waals surface area contributed by atoms with Crippen molar-refractivity contribution >= 4 is 52.2 Å². The minimum atomic E-state index is -1.68. The van der Waals surface area contributed by atoms with Gasteiger partial charge in [0.2, 0.25) is 11.4 Å². The molecular formula is C20H21Cl2N5O7. The predicted molar refractivity (Wildman–Crippen MR) is 117 cm³/mol. The van der Waals surface area contributed by atoms with Gasteiger partial charge in [0.25, 0.3) is 5.91 Å². The first-order chi connectivity index (χ1) is 16.0. The molecule has 2 aromatic heterocycles. The van der Waals surface area contributed by atoms with Crippen LogP contribution in [-0.4, -0.2) is 68.9 Å². The summed E-state index contributed by atoms with van der Waals surface area (Å²) in [7, 11) is 0. The Balaban J connectivity index is 1.99. The summed E-state index contributed by atoms with van der Waals surface area (Å²) in [4.78, 5) is 47.8. The second kappa shape index (κ2) is 10.1. The quantitative estimate of drug-likeness (QED) is 0.177. The number of carbonyl (C=O) groups excluding carboxylic acids is 3. The molecule has 12 nitrogen and oxygen atoms in total. The van der Waals surface area contributed by atoms with E-state index in [1.807, 2.05) is 0 Å². The molecule has 1 aliphatic rings. The van der Waals surface area contributed by atoms with Gasteiger partial charge in [-0.15, -0.1) is 6.42 Å². The maximum Gasteiger partial charge on any atom is 0.345 e. The lowest BCUT2D eigenvalue weighted by atomic mass is 9.81. The zero-order valence-corrected chi connectivity index (χ0v) is 19.9. The summed E-state index contributed by atoms with van der Waals surface area (Å²) in [6, 6.07) is 0. The normalized spacial score (nSPS) is 25.0. The van der Waals surface area contributed by atoms with Crippen molar-refractivity contribution < 1.29 is 33.3 Å². The number of esters is 2. The molecule has 0 aromatic carbocycles. The van der Waals surface area contributed by atoms with Crippen molar-refractivity contribution in [3.05, 3.63) is 16.8 Å². The highest BCUT2D eigenvalue weighted by atomic mass is 35.5. The van der Waals surface area contributed by atoms with Crippen LogP contribution in [-0.2, 0) is 33.3 Å². The van der Waals surface area contributed by atoms with Crippen LogP contribution in [0.2, 0.25) is 10.4 Å². The third kappa shape index (κ3) is 4.78. The SMILES string of the molecule is C#C[C@@]1(C)[C@@H](COC(C(N)=O)C(=O)OCC)O[C@@H](n2cnc3c(Cl)nc(Cl)nc32)[C@@H]1OC(C)=O. The van der Waals surface area contributed by atoms with E-state index in [2.05, 4.69) is 20.9 Å². The van der Waals surface area contributed by atoms with Gasteiger partial charge in [0.05, 0.1) is 25.0 Å². The number of nitrogens with zero attached hydrogens (tertiary/aromatic N) is 4. The zero-order chi connectivity index (χ0) is 25.2. The number of hydrogen-bond acceptors (Lipinski definition) is 10. The summed E-state index contributed by atoms with van der Waals surface area (Å²) < 4.78 is 23.3. The maximum atomic E-state index is 12.0. The number of terminal acetylenes is 1. The number of rotatable bonds is 8. The molecule has 14 heteroatoms. The van der Waals surface area contributed by atoms with E-state index >= 15 is 0 Å². The number of nitrogens with two attached hydrogens (primary N) is 1. The first kappa shape index (κ1) is 25.6. The van der Waals surface area contributed by atoms with E-state index in [1.165, 1.54) is 17.8 Å². The van der Waals surface area contributed by atoms with Crippen molar-refractivity contribution in [2.24, 2.45) is 11.1 Å². The van der Waals surface area contributed by atoms with Crippen molar-refractivity contribution in [1.82, 2.24) is 19.5 Å². The van der Waals surface area contributed by atoms with E-state index in [4.69, 9.17) is 54.3 Å². The Labute approximate surface area is 204 Å². The minimum absolute atomic E-state index is 0.00844. The van der Waals surface area contributed by atoms with Crippen LogP contribution in [0.15, 0.2) is 6.33 Å². The molecule has 0 bridgehead atoms. The fourth-order valence-corrected chi connectivity index (χ4v) is 3.95. The Morgan fingerprint density at radius 3 is 2.68 bits per heavy atom. The van der Waals surface area contributed by atoms with Gasteiger partial charge in [0.15, 0.2) is 23.1 Å². The molecule has 0 saturated carbocycles. The number of ether oxygens (including phenoxy) is 4. The minimum Gasteiger partial charge on any atom is -0.464 e. The Morgan fingerprint density at radius 1 is 1.38 bits per heavy atom. The lowest BCUT2D eigenvalue weighted by Crippen LogP contribution is -2.45. The Bertz CT molecular complexity index is 1170. The number of imidazole rings is 1. The molecule has 1 aliphatic heterocycles. The average Bonchev–Trinajstić information content (AvgIpc) is 3.28. The Hall–Kier alpha value is -2.98. The molecule has 5 atom stereocenters. The fourth-order valence-electron chi connectivity index (χ4n) is 3.53. The molecule has 3 rings (SSSR count). The molecule has 0 radical (unpaired) electrons. The average molecular weight is 514 g/mol. The first-order valence-corrected chi connectivity index (χ1v) is 10.7. The highest BCUT2D eigenvalue weighted by molar-refractivity contribution is 6.35. The van der Waals surface area contributed by atoms with Crippen LogP contribution >= 0.6 is 23.2 Å². The van der Waals surface area contributed by atoms with Crippen LogP contribution in [0.3, 0.4) is 0 Å². The topological polar surface area (TPSA) is 158 Å². The standard InChI is InChI=1S/C20H21Cl2N5O7/c1-5-20(4)10(7-32-12(15(23)29)18(30)31-6-2)34-17(13(20)33-9(3)28)27-8-24-11-14(21)25-19(22)26-16(11)27/h1,8,10,12-13,17H,6-7H2,2-4H3,(H2,23,29)/t10-,12?,13+,17-,20+/m1/s1. The van der Waals surface area contributed by atoms with Crippen molar-refractivity contribution in [1.29, 1.82) is 0 Å². The summed E-state index contributed by atoms with van der Waals surface area (Å²) in [6.07, 6.45) is 2.43. The van der Waals surface area contributed by atoms with Gasteiger partial charge in [-0.1, -0.05) is 17.5 Å². The first-order valence-electron chi connectivity index (χ1n) is 9.97. The van der Waals surface area contributed by atoms with Gasteiger partial charge in [0.1, 0.15) is 11.6 Å². The smallest absolute Gasteiger partial charge is 0.345 e. The summed E-state index contributed by atoms with van der Waals surface area (Å²) in [5, 5.41) is -0.131. The van der Waals surface area contributed by atoms with E-state index in [0.29, 0.717) is 0 Å². The van der Waals surface area contributed by atoms with Crippen LogP contribution < -0.4 is 5.73 Å². The molecule has 3 heterocycles. The number of carbonyl (C=O) groups is 3. The highest BCUT2D eigenvalue weighted by Gasteiger charge is 2.56. The molecule has 1 unspecified atom stereocenters. The molecular weight excluding hydrogens is 493 g/mol. The molecule has 0 aliphatic carbocycles. The van der Waals surface area contributed by atoms with Crippen LogP contribution in [0.4, 0.5) is 0 Å². The van der Waals surface area contributed by atoms with Crippen LogP contribution in [0.25, 0.3) is 11.2 Å². The second-order valence-corrected chi connectivity index (χ2v) is 8.14. The van der Waals surface area contributed by atoms with E-state index in [1.54, 1.807) is 13.8 Å². The van der Waals surface area contributed by atoms with Crippen molar-refractivity contribution in [2.45, 2.75) is 45.3 Å². The molecule has 182 valence electrons. The lowest BCUT2D eigenvalue weighted by molar-refractivity contribution is -0.165. The number of fused-ring (bicyclic) bond motifs is 1. The lowest BCUT2D eigenvalue weighted by Gasteiger charge is -2.30. The number of aromatic nitrogens is 4. The molecule has 1 fully saturated rings. The van der Waals surface area contributed by atoms with E-state index in [9.17, 15) is 14.4 Å². The maximum absolute atomic E-state index is 12.0. The van der Waals surface area contributed by atoms with Gasteiger partial charge < -0.3 is 24.7 Å². The molecule has 0 spiro atoms. The van der Waals surface area contributed by atoms with Crippen LogP contribution in [0, 0.1) is 17.8 Å². The highest BCUT2D eigenvalue weighted by Crippen LogP contribution is 2.46. The molecule has 2 N–H and O–H groups in total. The van der Waals surface area contributed by atoms with Gasteiger partial charge in [-0.05, 0) is 25.4 Å². The van der Waals surface area contributed by atoms with Crippen molar-refractivity contribution in [3.8, 4) is 12.3 Å². The van der Waals surface area contributed by atoms with Gasteiger partial charge in [-0.25, -0.2) is 14.8 Å². The summed E-state index contributed by atoms with van der Waals surface area (Å²) in [5.41, 5.74) is 4.44. The largest absolute Gasteiger partial charge is 0.464 e. The number of primary amides is 1. The van der Waals surface area contributed by atoms with E-state index in [0.717, 1.165) is 0 Å². The fraction of sp³-hybridized carbons (Fsp3) is 0.500. The van der Waals surface area contributed by atoms with E-state index < -0.39 is 47.8 Å². The van der Waals surface area contributed by atoms with Gasteiger partial charge in [-0.2, -0.15) is 4.98 Å². The Morgan fingerprint density at radius 2 is 2.09 bits per heavy atom. The number of hydrogen-bond donors (Lipinski definition) is 1. The van der Waals surface area contributed by atoms with Crippen molar-refractivity contribution in [2.75, 3.05) is 13.2 Å². The molecule has 2 aromatic rings. The summed E-state index contributed by atoms with van der Waals surface area (Å²) in [5.74, 6) is -0.0451. The van der Waals surface area contributed by atoms with E-state index in [-0.39, 0.29) is 34.8 Å². The third-order valence-electron chi connectivity index (χ3n) is 5.23. The van der Waals surface area contributed by atoms with Crippen LogP contribution in [0.5, 0.6) is 0 Å². The summed E-state index contributed by atoms with van der Waals surface area (Å²) >= 11 is 12.1. The van der Waals surface area contributed by atoms with Gasteiger partial charge in [0, 0.05) is 6.92 Å². The molecule has 1 saturated heterocycles.